The number of non-ortho nitro benzene ring substituents is 1. The number of ether oxygens (including phenoxy) is 1. The van der Waals surface area contributed by atoms with Gasteiger partial charge in [-0.3, -0.25) is 10.1 Å². The lowest BCUT2D eigenvalue weighted by Gasteiger charge is -2.11. The normalized spacial score (nSPS) is 10.2. The number of hydrogen-bond donors (Lipinski definition) is 1. The summed E-state index contributed by atoms with van der Waals surface area (Å²) in [5.41, 5.74) is 0.817. The molecule has 0 spiro atoms. The Labute approximate surface area is 129 Å². The summed E-state index contributed by atoms with van der Waals surface area (Å²) in [6.45, 7) is 0.183. The lowest BCUT2D eigenvalue weighted by atomic mass is 10.2. The summed E-state index contributed by atoms with van der Waals surface area (Å²) in [6, 6.07) is 8.81. The van der Waals surface area contributed by atoms with Crippen molar-refractivity contribution in [2.75, 3.05) is 12.4 Å². The first-order chi connectivity index (χ1) is 10.0. The van der Waals surface area contributed by atoms with Crippen LogP contribution in [0.3, 0.4) is 0 Å². The largest absolute Gasteiger partial charge is 0.495 e. The molecule has 0 amide bonds. The molecule has 0 bridgehead atoms. The fraction of sp³-hybridized carbons (Fsp3) is 0.143. The number of nitro benzene ring substituents is 1. The highest BCUT2D eigenvalue weighted by atomic mass is 79.9. The van der Waals surface area contributed by atoms with Gasteiger partial charge in [-0.2, -0.15) is 0 Å². The number of hydrogen-bond acceptors (Lipinski definition) is 4. The molecule has 1 N–H and O–H groups in total. The van der Waals surface area contributed by atoms with Crippen molar-refractivity contribution in [3.8, 4) is 5.75 Å². The number of nitrogens with one attached hydrogen (secondary N) is 1. The van der Waals surface area contributed by atoms with E-state index in [9.17, 15) is 14.5 Å². The first kappa shape index (κ1) is 15.2. The highest BCUT2D eigenvalue weighted by Gasteiger charge is 2.12. The molecule has 0 aliphatic carbocycles. The monoisotopic (exact) mass is 354 g/mol. The van der Waals surface area contributed by atoms with Gasteiger partial charge in [-0.1, -0.05) is 15.9 Å². The van der Waals surface area contributed by atoms with Gasteiger partial charge in [0, 0.05) is 28.7 Å². The van der Waals surface area contributed by atoms with Crippen LogP contribution in [0.5, 0.6) is 5.75 Å². The molecule has 0 atom stereocenters. The molecule has 0 saturated heterocycles. The molecule has 21 heavy (non-hydrogen) atoms. The fourth-order valence-corrected chi connectivity index (χ4v) is 2.23. The minimum Gasteiger partial charge on any atom is -0.495 e. The first-order valence-electron chi connectivity index (χ1n) is 6.01. The molecule has 110 valence electrons. The molecule has 0 aromatic heterocycles. The summed E-state index contributed by atoms with van der Waals surface area (Å²) in [4.78, 5) is 10.3. The van der Waals surface area contributed by atoms with Gasteiger partial charge in [-0.15, -0.1) is 0 Å². The lowest BCUT2D eigenvalue weighted by molar-refractivity contribution is -0.384. The summed E-state index contributed by atoms with van der Waals surface area (Å²) in [7, 11) is 1.46. The Morgan fingerprint density at radius 2 is 2.10 bits per heavy atom. The molecule has 0 saturated carbocycles. The van der Waals surface area contributed by atoms with Crippen molar-refractivity contribution < 1.29 is 14.1 Å². The van der Waals surface area contributed by atoms with Crippen LogP contribution in [0.25, 0.3) is 0 Å². The summed E-state index contributed by atoms with van der Waals surface area (Å²) >= 11 is 3.27. The van der Waals surface area contributed by atoms with E-state index in [1.165, 1.54) is 31.4 Å². The molecule has 0 aliphatic rings. The molecule has 0 heterocycles. The van der Waals surface area contributed by atoms with E-state index >= 15 is 0 Å². The van der Waals surface area contributed by atoms with E-state index in [-0.39, 0.29) is 18.0 Å². The Morgan fingerprint density at radius 1 is 1.33 bits per heavy atom. The second-order valence-electron chi connectivity index (χ2n) is 4.23. The molecular formula is C14H12BrFN2O3. The van der Waals surface area contributed by atoms with Crippen LogP contribution in [0, 0.1) is 15.9 Å². The number of methoxy groups -OCH3 is 1. The van der Waals surface area contributed by atoms with Crippen molar-refractivity contribution in [2.45, 2.75) is 6.54 Å². The Hall–Kier alpha value is -2.15. The smallest absolute Gasteiger partial charge is 0.271 e. The summed E-state index contributed by atoms with van der Waals surface area (Å²) in [5, 5.41) is 13.8. The number of anilines is 1. The Balaban J connectivity index is 2.24. The zero-order valence-electron chi connectivity index (χ0n) is 11.1. The maximum absolute atomic E-state index is 13.7. The van der Waals surface area contributed by atoms with Crippen molar-refractivity contribution in [3.63, 3.8) is 0 Å². The van der Waals surface area contributed by atoms with Gasteiger partial charge < -0.3 is 10.1 Å². The van der Waals surface area contributed by atoms with Gasteiger partial charge >= 0.3 is 0 Å². The molecule has 2 rings (SSSR count). The molecule has 0 unspecified atom stereocenters. The number of rotatable bonds is 5. The molecule has 7 heteroatoms. The first-order valence-corrected chi connectivity index (χ1v) is 6.81. The Bertz CT molecular complexity index is 679. The average molecular weight is 355 g/mol. The average Bonchev–Trinajstić information content (AvgIpc) is 2.47. The van der Waals surface area contributed by atoms with E-state index in [1.807, 2.05) is 0 Å². The maximum atomic E-state index is 13.7. The lowest BCUT2D eigenvalue weighted by Crippen LogP contribution is -2.04. The van der Waals surface area contributed by atoms with Crippen molar-refractivity contribution in [3.05, 3.63) is 62.4 Å². The third kappa shape index (κ3) is 3.69. The van der Waals surface area contributed by atoms with Crippen LogP contribution >= 0.6 is 15.9 Å². The highest BCUT2D eigenvalue weighted by Crippen LogP contribution is 2.29. The standard InChI is InChI=1S/C14H12BrFN2O3/c1-21-14-5-3-11(18(19)20)7-13(14)17-8-9-6-10(15)2-4-12(9)16/h2-7,17H,8H2,1H3. The summed E-state index contributed by atoms with van der Waals surface area (Å²) in [5.74, 6) is 0.103. The van der Waals surface area contributed by atoms with Crippen LogP contribution in [0.4, 0.5) is 15.8 Å². The fourth-order valence-electron chi connectivity index (χ4n) is 1.82. The molecule has 5 nitrogen and oxygen atoms in total. The van der Waals surface area contributed by atoms with Crippen molar-refractivity contribution in [2.24, 2.45) is 0 Å². The van der Waals surface area contributed by atoms with Crippen LogP contribution in [-0.2, 0) is 6.54 Å². The van der Waals surface area contributed by atoms with Gasteiger partial charge in [0.2, 0.25) is 0 Å². The zero-order valence-corrected chi connectivity index (χ0v) is 12.7. The van der Waals surface area contributed by atoms with Crippen LogP contribution in [-0.4, -0.2) is 12.0 Å². The van der Waals surface area contributed by atoms with Crippen molar-refractivity contribution >= 4 is 27.3 Å². The van der Waals surface area contributed by atoms with Crippen LogP contribution < -0.4 is 10.1 Å². The molecule has 2 aromatic carbocycles. The molecule has 0 aliphatic heterocycles. The van der Waals surface area contributed by atoms with Gasteiger partial charge in [0.1, 0.15) is 11.6 Å². The maximum Gasteiger partial charge on any atom is 0.271 e. The number of halogens is 2. The molecule has 0 fully saturated rings. The Morgan fingerprint density at radius 3 is 2.76 bits per heavy atom. The number of nitrogens with zero attached hydrogens (tertiary/aromatic N) is 1. The van der Waals surface area contributed by atoms with Crippen molar-refractivity contribution in [1.29, 1.82) is 0 Å². The Kier molecular flexibility index (Phi) is 4.74. The second-order valence-corrected chi connectivity index (χ2v) is 5.15. The second kappa shape index (κ2) is 6.53. The van der Waals surface area contributed by atoms with Gasteiger partial charge in [-0.05, 0) is 24.3 Å². The van der Waals surface area contributed by atoms with Gasteiger partial charge in [0.05, 0.1) is 17.7 Å². The quantitative estimate of drug-likeness (QED) is 0.647. The van der Waals surface area contributed by atoms with Gasteiger partial charge in [0.25, 0.3) is 5.69 Å². The minimum atomic E-state index is -0.496. The van der Waals surface area contributed by atoms with Gasteiger partial charge in [0.15, 0.2) is 0 Å². The zero-order chi connectivity index (χ0) is 15.4. The topological polar surface area (TPSA) is 64.4 Å². The summed E-state index contributed by atoms with van der Waals surface area (Å²) < 4.78 is 19.6. The minimum absolute atomic E-state index is 0.0620. The number of benzene rings is 2. The third-order valence-electron chi connectivity index (χ3n) is 2.87. The van der Waals surface area contributed by atoms with Crippen LogP contribution in [0.15, 0.2) is 40.9 Å². The van der Waals surface area contributed by atoms with E-state index in [0.717, 1.165) is 4.47 Å². The van der Waals surface area contributed by atoms with E-state index in [1.54, 1.807) is 12.1 Å². The molecular weight excluding hydrogens is 343 g/mol. The SMILES string of the molecule is COc1ccc([N+](=O)[O-])cc1NCc1cc(Br)ccc1F. The molecule has 0 radical (unpaired) electrons. The van der Waals surface area contributed by atoms with Crippen LogP contribution in [0.2, 0.25) is 0 Å². The van der Waals surface area contributed by atoms with Gasteiger partial charge in [-0.25, -0.2) is 4.39 Å². The van der Waals surface area contributed by atoms with E-state index in [4.69, 9.17) is 4.74 Å². The predicted octanol–water partition coefficient (Wildman–Crippen LogP) is 4.12. The van der Waals surface area contributed by atoms with E-state index in [0.29, 0.717) is 17.0 Å². The van der Waals surface area contributed by atoms with E-state index in [2.05, 4.69) is 21.2 Å². The number of nitro groups is 1. The highest BCUT2D eigenvalue weighted by molar-refractivity contribution is 9.10. The van der Waals surface area contributed by atoms with E-state index < -0.39 is 4.92 Å². The third-order valence-corrected chi connectivity index (χ3v) is 3.36. The van der Waals surface area contributed by atoms with Crippen LogP contribution in [0.1, 0.15) is 5.56 Å². The molecule has 2 aromatic rings. The predicted molar refractivity (Wildman–Crippen MR) is 81.1 cm³/mol. The summed E-state index contributed by atoms with van der Waals surface area (Å²) in [6.07, 6.45) is 0. The van der Waals surface area contributed by atoms with Crippen molar-refractivity contribution in [1.82, 2.24) is 0 Å².